The van der Waals surface area contributed by atoms with Crippen LogP contribution in [0.25, 0.3) is 0 Å². The van der Waals surface area contributed by atoms with Gasteiger partial charge in [0.05, 0.1) is 6.04 Å². The first-order valence-corrected chi connectivity index (χ1v) is 6.50. The standard InChI is InChI=1S/C14H10BrF4N/c1-20-14(9-6-8(15)2-3-10(9)16)7-4-11(17)13(19)12(18)5-7/h2-6,14,20H,1H3. The van der Waals surface area contributed by atoms with Crippen molar-refractivity contribution in [3.8, 4) is 0 Å². The summed E-state index contributed by atoms with van der Waals surface area (Å²) in [5.74, 6) is -4.69. The predicted molar refractivity (Wildman–Crippen MR) is 71.3 cm³/mol. The fourth-order valence-electron chi connectivity index (χ4n) is 1.98. The summed E-state index contributed by atoms with van der Waals surface area (Å²) in [6.07, 6.45) is 0. The van der Waals surface area contributed by atoms with E-state index in [0.29, 0.717) is 4.47 Å². The van der Waals surface area contributed by atoms with Crippen LogP contribution >= 0.6 is 15.9 Å². The van der Waals surface area contributed by atoms with Gasteiger partial charge in [-0.05, 0) is 42.9 Å². The van der Waals surface area contributed by atoms with Crippen LogP contribution in [0.3, 0.4) is 0 Å². The van der Waals surface area contributed by atoms with Crippen molar-refractivity contribution in [2.75, 3.05) is 7.05 Å². The number of halogens is 5. The summed E-state index contributed by atoms with van der Waals surface area (Å²) < 4.78 is 54.0. The van der Waals surface area contributed by atoms with Crippen LogP contribution in [-0.2, 0) is 0 Å². The van der Waals surface area contributed by atoms with Crippen LogP contribution in [0, 0.1) is 23.3 Å². The van der Waals surface area contributed by atoms with Gasteiger partial charge in [-0.25, -0.2) is 17.6 Å². The first-order valence-electron chi connectivity index (χ1n) is 5.70. The van der Waals surface area contributed by atoms with E-state index in [-0.39, 0.29) is 11.1 Å². The first kappa shape index (κ1) is 15.0. The summed E-state index contributed by atoms with van der Waals surface area (Å²) in [5, 5.41) is 2.76. The van der Waals surface area contributed by atoms with Crippen molar-refractivity contribution in [1.82, 2.24) is 5.32 Å². The highest BCUT2D eigenvalue weighted by Gasteiger charge is 2.20. The number of rotatable bonds is 3. The Labute approximate surface area is 121 Å². The highest BCUT2D eigenvalue weighted by atomic mass is 79.9. The molecule has 0 amide bonds. The summed E-state index contributed by atoms with van der Waals surface area (Å²) in [4.78, 5) is 0. The second kappa shape index (κ2) is 5.93. The topological polar surface area (TPSA) is 12.0 Å². The van der Waals surface area contributed by atoms with E-state index in [9.17, 15) is 17.6 Å². The molecule has 2 aromatic carbocycles. The second-order valence-corrected chi connectivity index (χ2v) is 5.10. The monoisotopic (exact) mass is 347 g/mol. The van der Waals surface area contributed by atoms with Crippen molar-refractivity contribution >= 4 is 15.9 Å². The van der Waals surface area contributed by atoms with E-state index in [1.807, 2.05) is 0 Å². The van der Waals surface area contributed by atoms with E-state index in [1.165, 1.54) is 25.2 Å². The molecule has 1 atom stereocenters. The van der Waals surface area contributed by atoms with E-state index >= 15 is 0 Å². The van der Waals surface area contributed by atoms with Crippen LogP contribution in [0.2, 0.25) is 0 Å². The van der Waals surface area contributed by atoms with Crippen LogP contribution in [-0.4, -0.2) is 7.05 Å². The predicted octanol–water partition coefficient (Wildman–Crippen LogP) is 4.31. The zero-order valence-corrected chi connectivity index (χ0v) is 11.9. The zero-order valence-electron chi connectivity index (χ0n) is 10.4. The van der Waals surface area contributed by atoms with Crippen molar-refractivity contribution in [3.63, 3.8) is 0 Å². The molecule has 1 N–H and O–H groups in total. The van der Waals surface area contributed by atoms with E-state index in [4.69, 9.17) is 0 Å². The quantitative estimate of drug-likeness (QED) is 0.644. The molecule has 1 nitrogen and oxygen atoms in total. The van der Waals surface area contributed by atoms with E-state index < -0.39 is 29.3 Å². The summed E-state index contributed by atoms with van der Waals surface area (Å²) >= 11 is 3.20. The maximum atomic E-state index is 13.9. The van der Waals surface area contributed by atoms with Crippen LogP contribution in [0.4, 0.5) is 17.6 Å². The number of benzene rings is 2. The highest BCUT2D eigenvalue weighted by molar-refractivity contribution is 9.10. The normalized spacial score (nSPS) is 12.5. The molecule has 0 aliphatic heterocycles. The number of hydrogen-bond donors (Lipinski definition) is 1. The Kier molecular flexibility index (Phi) is 4.45. The summed E-state index contributed by atoms with van der Waals surface area (Å²) in [6.45, 7) is 0. The van der Waals surface area contributed by atoms with Crippen LogP contribution in [0.5, 0.6) is 0 Å². The van der Waals surface area contributed by atoms with Gasteiger partial charge >= 0.3 is 0 Å². The van der Waals surface area contributed by atoms with E-state index in [0.717, 1.165) is 12.1 Å². The van der Waals surface area contributed by atoms with Crippen LogP contribution < -0.4 is 5.32 Å². The molecule has 2 rings (SSSR count). The molecule has 0 fully saturated rings. The minimum Gasteiger partial charge on any atom is -0.309 e. The van der Waals surface area contributed by atoms with E-state index in [1.54, 1.807) is 0 Å². The lowest BCUT2D eigenvalue weighted by Crippen LogP contribution is -2.19. The molecule has 0 saturated carbocycles. The van der Waals surface area contributed by atoms with Gasteiger partial charge in [0, 0.05) is 10.0 Å². The lowest BCUT2D eigenvalue weighted by atomic mass is 9.98. The Morgan fingerprint density at radius 1 is 0.950 bits per heavy atom. The number of hydrogen-bond acceptors (Lipinski definition) is 1. The maximum absolute atomic E-state index is 13.9. The van der Waals surface area contributed by atoms with Crippen molar-refractivity contribution in [1.29, 1.82) is 0 Å². The summed E-state index contributed by atoms with van der Waals surface area (Å²) in [6, 6.07) is 5.14. The molecule has 0 aliphatic carbocycles. The van der Waals surface area contributed by atoms with Gasteiger partial charge in [-0.1, -0.05) is 15.9 Å². The van der Waals surface area contributed by atoms with Gasteiger partial charge in [0.15, 0.2) is 17.5 Å². The first-order chi connectivity index (χ1) is 9.43. The second-order valence-electron chi connectivity index (χ2n) is 4.19. The molecule has 0 saturated heterocycles. The molecule has 0 heterocycles. The zero-order chi connectivity index (χ0) is 14.9. The van der Waals surface area contributed by atoms with Gasteiger partial charge < -0.3 is 5.32 Å². The van der Waals surface area contributed by atoms with E-state index in [2.05, 4.69) is 21.2 Å². The third-order valence-corrected chi connectivity index (χ3v) is 3.39. The van der Waals surface area contributed by atoms with Crippen LogP contribution in [0.15, 0.2) is 34.8 Å². The molecule has 106 valence electrons. The average Bonchev–Trinajstić information content (AvgIpc) is 2.40. The molecule has 1 unspecified atom stereocenters. The Morgan fingerprint density at radius 2 is 1.55 bits per heavy atom. The fourth-order valence-corrected chi connectivity index (χ4v) is 2.36. The molecule has 6 heteroatoms. The van der Waals surface area contributed by atoms with Gasteiger partial charge in [-0.2, -0.15) is 0 Å². The maximum Gasteiger partial charge on any atom is 0.194 e. The minimum atomic E-state index is -1.54. The molecular weight excluding hydrogens is 338 g/mol. The summed E-state index contributed by atoms with van der Waals surface area (Å²) in [7, 11) is 1.52. The van der Waals surface area contributed by atoms with Crippen molar-refractivity contribution in [3.05, 3.63) is 69.2 Å². The third-order valence-electron chi connectivity index (χ3n) is 2.90. The van der Waals surface area contributed by atoms with Gasteiger partial charge in [-0.3, -0.25) is 0 Å². The Morgan fingerprint density at radius 3 is 2.10 bits per heavy atom. The van der Waals surface area contributed by atoms with Crippen molar-refractivity contribution < 1.29 is 17.6 Å². The van der Waals surface area contributed by atoms with Crippen molar-refractivity contribution in [2.24, 2.45) is 0 Å². The fraction of sp³-hybridized carbons (Fsp3) is 0.143. The Balaban J connectivity index is 2.55. The minimum absolute atomic E-state index is 0.0981. The molecule has 0 radical (unpaired) electrons. The van der Waals surface area contributed by atoms with Gasteiger partial charge in [-0.15, -0.1) is 0 Å². The van der Waals surface area contributed by atoms with Gasteiger partial charge in [0.1, 0.15) is 5.82 Å². The molecule has 0 aromatic heterocycles. The lowest BCUT2D eigenvalue weighted by molar-refractivity contribution is 0.442. The third kappa shape index (κ3) is 2.86. The lowest BCUT2D eigenvalue weighted by Gasteiger charge is -2.18. The average molecular weight is 348 g/mol. The largest absolute Gasteiger partial charge is 0.309 e. The molecule has 2 aromatic rings. The Hall–Kier alpha value is -1.40. The van der Waals surface area contributed by atoms with Crippen LogP contribution in [0.1, 0.15) is 17.2 Å². The Bertz CT molecular complexity index is 622. The smallest absolute Gasteiger partial charge is 0.194 e. The molecule has 0 bridgehead atoms. The molecule has 0 aliphatic rings. The van der Waals surface area contributed by atoms with Crippen molar-refractivity contribution in [2.45, 2.75) is 6.04 Å². The SMILES string of the molecule is CNC(c1cc(F)c(F)c(F)c1)c1cc(Br)ccc1F. The highest BCUT2D eigenvalue weighted by Crippen LogP contribution is 2.28. The van der Waals surface area contributed by atoms with Gasteiger partial charge in [0.2, 0.25) is 0 Å². The van der Waals surface area contributed by atoms with Gasteiger partial charge in [0.25, 0.3) is 0 Å². The number of nitrogens with one attached hydrogen (secondary N) is 1. The molecule has 0 spiro atoms. The molecular formula is C14H10BrF4N. The summed E-state index contributed by atoms with van der Waals surface area (Å²) in [5.41, 5.74) is 0.299. The molecule has 20 heavy (non-hydrogen) atoms.